The fourth-order valence-electron chi connectivity index (χ4n) is 2.66. The quantitative estimate of drug-likeness (QED) is 0.772. The number of carbonyl (C=O) groups is 2. The van der Waals surface area contributed by atoms with Gasteiger partial charge in [-0.2, -0.15) is 0 Å². The van der Waals surface area contributed by atoms with Crippen LogP contribution in [0.15, 0.2) is 12.3 Å². The van der Waals surface area contributed by atoms with Gasteiger partial charge in [-0.25, -0.2) is 4.98 Å². The number of halogens is 2. The topological polar surface area (TPSA) is 68.3 Å². The first kappa shape index (κ1) is 18.0. The molecule has 1 aromatic rings. The Morgan fingerprint density at radius 1 is 1.39 bits per heavy atom. The molecule has 1 N–H and O–H groups in total. The molecule has 1 heterocycles. The second-order valence-corrected chi connectivity index (χ2v) is 6.64. The highest BCUT2D eigenvalue weighted by atomic mass is 35.5. The molecule has 0 aromatic carbocycles. The standard InChI is InChI=1S/C16H20Cl2N2O3/c1-10(23-14(21)7-6-11-4-2-3-5-11)16(22)20-15-13(18)8-12(17)9-19-15/h8-11H,2-7H2,1H3,(H,19,20,22). The summed E-state index contributed by atoms with van der Waals surface area (Å²) in [7, 11) is 0. The zero-order chi connectivity index (χ0) is 16.8. The predicted octanol–water partition coefficient (Wildman–Crippen LogP) is 4.23. The molecule has 0 aliphatic heterocycles. The Labute approximate surface area is 145 Å². The number of hydrogen-bond donors (Lipinski definition) is 1. The number of aromatic nitrogens is 1. The minimum absolute atomic E-state index is 0.190. The lowest BCUT2D eigenvalue weighted by Crippen LogP contribution is -2.30. The Balaban J connectivity index is 1.78. The second kappa shape index (κ2) is 8.50. The minimum Gasteiger partial charge on any atom is -0.453 e. The van der Waals surface area contributed by atoms with Crippen LogP contribution in [0.25, 0.3) is 0 Å². The molecular formula is C16H20Cl2N2O3. The van der Waals surface area contributed by atoms with Gasteiger partial charge in [0.05, 0.1) is 10.0 Å². The van der Waals surface area contributed by atoms with Gasteiger partial charge in [-0.1, -0.05) is 48.9 Å². The number of ether oxygens (including phenoxy) is 1. The number of nitrogens with zero attached hydrogens (tertiary/aromatic N) is 1. The van der Waals surface area contributed by atoms with E-state index in [1.807, 2.05) is 0 Å². The molecule has 7 heteroatoms. The Morgan fingerprint density at radius 2 is 2.09 bits per heavy atom. The molecule has 1 unspecified atom stereocenters. The van der Waals surface area contributed by atoms with Crippen LogP contribution in [-0.4, -0.2) is 23.0 Å². The Morgan fingerprint density at radius 3 is 2.74 bits per heavy atom. The molecule has 23 heavy (non-hydrogen) atoms. The molecule has 2 rings (SSSR count). The van der Waals surface area contributed by atoms with E-state index < -0.39 is 12.0 Å². The van der Waals surface area contributed by atoms with Crippen molar-refractivity contribution < 1.29 is 14.3 Å². The summed E-state index contributed by atoms with van der Waals surface area (Å²) in [5.41, 5.74) is 0. The van der Waals surface area contributed by atoms with E-state index in [1.54, 1.807) is 0 Å². The molecule has 0 bridgehead atoms. The number of rotatable bonds is 6. The molecule has 1 atom stereocenters. The number of amides is 1. The summed E-state index contributed by atoms with van der Waals surface area (Å²) in [6, 6.07) is 1.48. The molecule has 1 aliphatic rings. The maximum Gasteiger partial charge on any atom is 0.306 e. The molecule has 1 aliphatic carbocycles. The van der Waals surface area contributed by atoms with Gasteiger partial charge in [0.2, 0.25) is 0 Å². The molecule has 126 valence electrons. The average Bonchev–Trinajstić information content (AvgIpc) is 3.01. The van der Waals surface area contributed by atoms with Crippen LogP contribution in [0, 0.1) is 5.92 Å². The summed E-state index contributed by atoms with van der Waals surface area (Å²) >= 11 is 11.7. The van der Waals surface area contributed by atoms with Crippen molar-refractivity contribution in [1.82, 2.24) is 4.98 Å². The van der Waals surface area contributed by atoms with Gasteiger partial charge in [-0.15, -0.1) is 0 Å². The van der Waals surface area contributed by atoms with Gasteiger partial charge in [0.25, 0.3) is 5.91 Å². The van der Waals surface area contributed by atoms with Crippen LogP contribution in [0.1, 0.15) is 45.4 Å². The lowest BCUT2D eigenvalue weighted by molar-refractivity contribution is -0.153. The third kappa shape index (κ3) is 5.66. The number of anilines is 1. The summed E-state index contributed by atoms with van der Waals surface area (Å²) in [5, 5.41) is 3.12. The highest BCUT2D eigenvalue weighted by molar-refractivity contribution is 6.36. The lowest BCUT2D eigenvalue weighted by Gasteiger charge is -2.14. The van der Waals surface area contributed by atoms with Crippen molar-refractivity contribution in [2.24, 2.45) is 5.92 Å². The maximum absolute atomic E-state index is 12.0. The van der Waals surface area contributed by atoms with E-state index in [0.29, 0.717) is 17.4 Å². The van der Waals surface area contributed by atoms with Crippen LogP contribution in [0.3, 0.4) is 0 Å². The van der Waals surface area contributed by atoms with Crippen molar-refractivity contribution in [2.45, 2.75) is 51.6 Å². The fraction of sp³-hybridized carbons (Fsp3) is 0.562. The normalized spacial score (nSPS) is 16.1. The Bertz CT molecular complexity index is 574. The summed E-state index contributed by atoms with van der Waals surface area (Å²) < 4.78 is 5.16. The van der Waals surface area contributed by atoms with Crippen LogP contribution in [0.4, 0.5) is 5.82 Å². The number of nitrogens with one attached hydrogen (secondary N) is 1. The van der Waals surface area contributed by atoms with Crippen LogP contribution in [0.2, 0.25) is 10.0 Å². The Hall–Kier alpha value is -1.33. The van der Waals surface area contributed by atoms with E-state index in [9.17, 15) is 9.59 Å². The van der Waals surface area contributed by atoms with Gasteiger partial charge in [-0.3, -0.25) is 9.59 Å². The first-order valence-electron chi connectivity index (χ1n) is 7.77. The highest BCUT2D eigenvalue weighted by Gasteiger charge is 2.21. The summed E-state index contributed by atoms with van der Waals surface area (Å²) in [6.07, 6.45) is 6.51. The van der Waals surface area contributed by atoms with Crippen LogP contribution < -0.4 is 5.32 Å². The molecule has 5 nitrogen and oxygen atoms in total. The summed E-state index contributed by atoms with van der Waals surface area (Å²) in [5.74, 6) is -0.0238. The average molecular weight is 359 g/mol. The van der Waals surface area contributed by atoms with Gasteiger partial charge in [-0.05, 0) is 25.3 Å². The number of pyridine rings is 1. The number of hydrogen-bond acceptors (Lipinski definition) is 4. The molecule has 1 amide bonds. The van der Waals surface area contributed by atoms with Gasteiger partial charge < -0.3 is 10.1 Å². The summed E-state index contributed by atoms with van der Waals surface area (Å²) in [6.45, 7) is 1.52. The zero-order valence-electron chi connectivity index (χ0n) is 13.0. The highest BCUT2D eigenvalue weighted by Crippen LogP contribution is 2.28. The first-order chi connectivity index (χ1) is 11.0. The van der Waals surface area contributed by atoms with E-state index in [2.05, 4.69) is 10.3 Å². The first-order valence-corrected chi connectivity index (χ1v) is 8.52. The van der Waals surface area contributed by atoms with Gasteiger partial charge in [0, 0.05) is 12.6 Å². The number of carbonyl (C=O) groups excluding carboxylic acids is 2. The van der Waals surface area contributed by atoms with E-state index in [0.717, 1.165) is 6.42 Å². The van der Waals surface area contributed by atoms with Crippen LogP contribution in [-0.2, 0) is 14.3 Å². The lowest BCUT2D eigenvalue weighted by atomic mass is 10.0. The van der Waals surface area contributed by atoms with Gasteiger partial charge in [0.1, 0.15) is 0 Å². The van der Waals surface area contributed by atoms with E-state index in [-0.39, 0.29) is 16.8 Å². The van der Waals surface area contributed by atoms with Crippen molar-refractivity contribution in [3.63, 3.8) is 0 Å². The van der Waals surface area contributed by atoms with E-state index >= 15 is 0 Å². The van der Waals surface area contributed by atoms with Crippen molar-refractivity contribution >= 4 is 40.9 Å². The fourth-order valence-corrected chi connectivity index (χ4v) is 3.08. The largest absolute Gasteiger partial charge is 0.453 e. The zero-order valence-corrected chi connectivity index (χ0v) is 14.5. The maximum atomic E-state index is 12.0. The SMILES string of the molecule is CC(OC(=O)CCC1CCCC1)C(=O)Nc1ncc(Cl)cc1Cl. The molecule has 0 radical (unpaired) electrons. The third-order valence-corrected chi connectivity index (χ3v) is 4.45. The monoisotopic (exact) mass is 358 g/mol. The molecule has 0 spiro atoms. The molecule has 1 saturated carbocycles. The van der Waals surface area contributed by atoms with Crippen molar-refractivity contribution in [3.05, 3.63) is 22.3 Å². The van der Waals surface area contributed by atoms with Crippen LogP contribution >= 0.6 is 23.2 Å². The van der Waals surface area contributed by atoms with Crippen molar-refractivity contribution in [1.29, 1.82) is 0 Å². The Kier molecular flexibility index (Phi) is 6.66. The van der Waals surface area contributed by atoms with Crippen molar-refractivity contribution in [2.75, 3.05) is 5.32 Å². The predicted molar refractivity (Wildman–Crippen MR) is 89.6 cm³/mol. The van der Waals surface area contributed by atoms with E-state index in [4.69, 9.17) is 27.9 Å². The second-order valence-electron chi connectivity index (χ2n) is 5.79. The molecule has 0 saturated heterocycles. The third-order valence-electron chi connectivity index (χ3n) is 3.96. The number of esters is 1. The van der Waals surface area contributed by atoms with Gasteiger partial charge in [0.15, 0.2) is 11.9 Å². The van der Waals surface area contributed by atoms with Crippen molar-refractivity contribution in [3.8, 4) is 0 Å². The minimum atomic E-state index is -0.903. The molecule has 1 aromatic heterocycles. The van der Waals surface area contributed by atoms with Crippen LogP contribution in [0.5, 0.6) is 0 Å². The van der Waals surface area contributed by atoms with E-state index in [1.165, 1.54) is 44.9 Å². The smallest absolute Gasteiger partial charge is 0.306 e. The molecular weight excluding hydrogens is 339 g/mol. The summed E-state index contributed by atoms with van der Waals surface area (Å²) in [4.78, 5) is 27.8. The van der Waals surface area contributed by atoms with Gasteiger partial charge >= 0.3 is 5.97 Å². The molecule has 1 fully saturated rings.